The van der Waals surface area contributed by atoms with E-state index >= 15 is 0 Å². The van der Waals surface area contributed by atoms with E-state index in [-0.39, 0.29) is 24.1 Å². The van der Waals surface area contributed by atoms with Crippen molar-refractivity contribution in [1.29, 1.82) is 0 Å². The summed E-state index contributed by atoms with van der Waals surface area (Å²) in [6.07, 6.45) is 1.84. The SMILES string of the molecule is NC1CCCN(C(=O)Cc2ccccc2OC(F)F)C1. The van der Waals surface area contributed by atoms with Crippen molar-refractivity contribution < 1.29 is 18.3 Å². The van der Waals surface area contributed by atoms with Gasteiger partial charge in [-0.1, -0.05) is 18.2 Å². The highest BCUT2D eigenvalue weighted by atomic mass is 19.3. The molecule has 1 fully saturated rings. The minimum absolute atomic E-state index is 0.000239. The normalized spacial score (nSPS) is 19.2. The monoisotopic (exact) mass is 284 g/mol. The maximum atomic E-state index is 12.3. The summed E-state index contributed by atoms with van der Waals surface area (Å²) < 4.78 is 29.0. The molecular weight excluding hydrogens is 266 g/mol. The number of halogens is 2. The van der Waals surface area contributed by atoms with Crippen molar-refractivity contribution in [3.63, 3.8) is 0 Å². The Labute approximate surface area is 116 Å². The molecule has 4 nitrogen and oxygen atoms in total. The predicted molar refractivity (Wildman–Crippen MR) is 70.6 cm³/mol. The molecular formula is C14H18F2N2O2. The van der Waals surface area contributed by atoms with Gasteiger partial charge in [-0.25, -0.2) is 0 Å². The molecule has 1 heterocycles. The molecule has 2 rings (SSSR count). The van der Waals surface area contributed by atoms with Gasteiger partial charge in [-0.05, 0) is 18.9 Å². The van der Waals surface area contributed by atoms with Crippen molar-refractivity contribution in [3.8, 4) is 5.75 Å². The quantitative estimate of drug-likeness (QED) is 0.917. The van der Waals surface area contributed by atoms with Crippen LogP contribution in [0.5, 0.6) is 5.75 Å². The highest BCUT2D eigenvalue weighted by Crippen LogP contribution is 2.22. The van der Waals surface area contributed by atoms with Crippen molar-refractivity contribution in [1.82, 2.24) is 4.90 Å². The Morgan fingerprint density at radius 1 is 1.45 bits per heavy atom. The van der Waals surface area contributed by atoms with E-state index in [1.807, 2.05) is 0 Å². The molecule has 6 heteroatoms. The molecule has 1 atom stereocenters. The van der Waals surface area contributed by atoms with E-state index in [1.165, 1.54) is 6.07 Å². The first-order valence-electron chi connectivity index (χ1n) is 6.62. The number of piperidine rings is 1. The lowest BCUT2D eigenvalue weighted by Gasteiger charge is -2.31. The van der Waals surface area contributed by atoms with Gasteiger partial charge in [0.1, 0.15) is 5.75 Å². The van der Waals surface area contributed by atoms with Gasteiger partial charge in [0.25, 0.3) is 0 Å². The number of carbonyl (C=O) groups excluding carboxylic acids is 1. The number of para-hydroxylation sites is 1. The van der Waals surface area contributed by atoms with Crippen LogP contribution in [-0.2, 0) is 11.2 Å². The van der Waals surface area contributed by atoms with Crippen LogP contribution in [0.2, 0.25) is 0 Å². The summed E-state index contributed by atoms with van der Waals surface area (Å²) in [6, 6.07) is 6.36. The van der Waals surface area contributed by atoms with E-state index in [9.17, 15) is 13.6 Å². The molecule has 1 unspecified atom stereocenters. The second-order valence-electron chi connectivity index (χ2n) is 4.91. The minimum atomic E-state index is -2.89. The van der Waals surface area contributed by atoms with Gasteiger partial charge in [0, 0.05) is 24.7 Å². The minimum Gasteiger partial charge on any atom is -0.435 e. The number of carbonyl (C=O) groups is 1. The topological polar surface area (TPSA) is 55.6 Å². The number of hydrogen-bond donors (Lipinski definition) is 1. The molecule has 0 spiro atoms. The second-order valence-corrected chi connectivity index (χ2v) is 4.91. The summed E-state index contributed by atoms with van der Waals surface area (Å²) >= 11 is 0. The maximum absolute atomic E-state index is 12.3. The van der Waals surface area contributed by atoms with Crippen molar-refractivity contribution in [2.45, 2.75) is 31.9 Å². The van der Waals surface area contributed by atoms with E-state index in [2.05, 4.69) is 4.74 Å². The number of hydrogen-bond acceptors (Lipinski definition) is 3. The Balaban J connectivity index is 2.03. The van der Waals surface area contributed by atoms with E-state index in [4.69, 9.17) is 5.73 Å². The Morgan fingerprint density at radius 3 is 2.90 bits per heavy atom. The van der Waals surface area contributed by atoms with Crippen LogP contribution in [0, 0.1) is 0 Å². The molecule has 0 radical (unpaired) electrons. The van der Waals surface area contributed by atoms with Crippen LogP contribution in [0.4, 0.5) is 8.78 Å². The molecule has 0 bridgehead atoms. The molecule has 0 saturated carbocycles. The molecule has 1 aliphatic rings. The molecule has 0 aromatic heterocycles. The molecule has 1 amide bonds. The number of ether oxygens (including phenoxy) is 1. The van der Waals surface area contributed by atoms with Gasteiger partial charge >= 0.3 is 6.61 Å². The Kier molecular flexibility index (Phi) is 4.89. The first kappa shape index (κ1) is 14.7. The molecule has 110 valence electrons. The predicted octanol–water partition coefficient (Wildman–Crippen LogP) is 1.78. The van der Waals surface area contributed by atoms with Crippen molar-refractivity contribution >= 4 is 5.91 Å². The smallest absolute Gasteiger partial charge is 0.387 e. The molecule has 2 N–H and O–H groups in total. The van der Waals surface area contributed by atoms with Crippen LogP contribution in [-0.4, -0.2) is 36.5 Å². The number of nitrogens with zero attached hydrogens (tertiary/aromatic N) is 1. The highest BCUT2D eigenvalue weighted by Gasteiger charge is 2.22. The average Bonchev–Trinajstić information content (AvgIpc) is 2.40. The average molecular weight is 284 g/mol. The summed E-state index contributed by atoms with van der Waals surface area (Å²) in [4.78, 5) is 13.9. The van der Waals surface area contributed by atoms with Gasteiger partial charge < -0.3 is 15.4 Å². The van der Waals surface area contributed by atoms with Crippen LogP contribution in [0.15, 0.2) is 24.3 Å². The maximum Gasteiger partial charge on any atom is 0.387 e. The van der Waals surface area contributed by atoms with Gasteiger partial charge in [-0.2, -0.15) is 8.78 Å². The van der Waals surface area contributed by atoms with E-state index in [0.717, 1.165) is 12.8 Å². The largest absolute Gasteiger partial charge is 0.435 e. The third kappa shape index (κ3) is 3.90. The molecule has 1 aromatic carbocycles. The van der Waals surface area contributed by atoms with Gasteiger partial charge in [0.05, 0.1) is 6.42 Å². The Bertz CT molecular complexity index is 468. The highest BCUT2D eigenvalue weighted by molar-refractivity contribution is 5.79. The number of alkyl halides is 2. The summed E-state index contributed by atoms with van der Waals surface area (Å²) in [5, 5.41) is 0. The van der Waals surface area contributed by atoms with E-state index in [0.29, 0.717) is 18.7 Å². The molecule has 0 aliphatic carbocycles. The van der Waals surface area contributed by atoms with E-state index < -0.39 is 6.61 Å². The Morgan fingerprint density at radius 2 is 2.20 bits per heavy atom. The fraction of sp³-hybridized carbons (Fsp3) is 0.500. The summed E-state index contributed by atoms with van der Waals surface area (Å²) in [5.41, 5.74) is 6.30. The molecule has 1 aliphatic heterocycles. The Hall–Kier alpha value is -1.69. The zero-order chi connectivity index (χ0) is 14.5. The second kappa shape index (κ2) is 6.65. The summed E-state index contributed by atoms with van der Waals surface area (Å²) in [7, 11) is 0. The van der Waals surface area contributed by atoms with Crippen LogP contribution in [0.25, 0.3) is 0 Å². The standard InChI is InChI=1S/C14H18F2N2O2/c15-14(16)20-12-6-2-1-4-10(12)8-13(19)18-7-3-5-11(17)9-18/h1-2,4,6,11,14H,3,5,7-9,17H2. The third-order valence-corrected chi connectivity index (χ3v) is 3.34. The zero-order valence-corrected chi connectivity index (χ0v) is 11.1. The van der Waals surface area contributed by atoms with Gasteiger partial charge in [0.2, 0.25) is 5.91 Å². The molecule has 1 saturated heterocycles. The number of amides is 1. The fourth-order valence-corrected chi connectivity index (χ4v) is 2.37. The van der Waals surface area contributed by atoms with Crippen LogP contribution in [0.3, 0.4) is 0 Å². The fourth-order valence-electron chi connectivity index (χ4n) is 2.37. The number of nitrogens with two attached hydrogens (primary N) is 1. The lowest BCUT2D eigenvalue weighted by Crippen LogP contribution is -2.46. The van der Waals surface area contributed by atoms with Crippen molar-refractivity contribution in [2.24, 2.45) is 5.73 Å². The first-order chi connectivity index (χ1) is 9.56. The van der Waals surface area contributed by atoms with Crippen LogP contribution < -0.4 is 10.5 Å². The van der Waals surface area contributed by atoms with Crippen LogP contribution in [0.1, 0.15) is 18.4 Å². The molecule has 20 heavy (non-hydrogen) atoms. The lowest BCUT2D eigenvalue weighted by molar-refractivity contribution is -0.131. The zero-order valence-electron chi connectivity index (χ0n) is 11.1. The number of benzene rings is 1. The van der Waals surface area contributed by atoms with Gasteiger partial charge in [-0.3, -0.25) is 4.79 Å². The lowest BCUT2D eigenvalue weighted by atomic mass is 10.0. The van der Waals surface area contributed by atoms with Gasteiger partial charge in [-0.15, -0.1) is 0 Å². The third-order valence-electron chi connectivity index (χ3n) is 3.34. The van der Waals surface area contributed by atoms with Gasteiger partial charge in [0.15, 0.2) is 0 Å². The summed E-state index contributed by atoms with van der Waals surface area (Å²) in [6.45, 7) is -1.70. The molecule has 1 aromatic rings. The first-order valence-corrected chi connectivity index (χ1v) is 6.62. The van der Waals surface area contributed by atoms with E-state index in [1.54, 1.807) is 23.1 Å². The van der Waals surface area contributed by atoms with Crippen LogP contribution >= 0.6 is 0 Å². The number of rotatable bonds is 4. The van der Waals surface area contributed by atoms with Crippen molar-refractivity contribution in [3.05, 3.63) is 29.8 Å². The number of likely N-dealkylation sites (tertiary alicyclic amines) is 1. The van der Waals surface area contributed by atoms with Crippen molar-refractivity contribution in [2.75, 3.05) is 13.1 Å². The summed E-state index contributed by atoms with van der Waals surface area (Å²) in [5.74, 6) is -0.0531.